The van der Waals surface area contributed by atoms with Gasteiger partial charge in [-0.2, -0.15) is 0 Å². The summed E-state index contributed by atoms with van der Waals surface area (Å²) >= 11 is 0. The second kappa shape index (κ2) is 6.86. The predicted octanol–water partition coefficient (Wildman–Crippen LogP) is 2.20. The zero-order valence-electron chi connectivity index (χ0n) is 11.5. The summed E-state index contributed by atoms with van der Waals surface area (Å²) in [5, 5.41) is 3.45. The number of aromatic nitrogens is 1. The Morgan fingerprint density at radius 3 is 2.72 bits per heavy atom. The van der Waals surface area contributed by atoms with Gasteiger partial charge in [-0.3, -0.25) is 4.98 Å². The first-order chi connectivity index (χ1) is 8.83. The van der Waals surface area contributed by atoms with Gasteiger partial charge < -0.3 is 10.1 Å². The second-order valence-electron chi connectivity index (χ2n) is 5.06. The van der Waals surface area contributed by atoms with E-state index < -0.39 is 0 Å². The summed E-state index contributed by atoms with van der Waals surface area (Å²) in [5.74, 6) is 0.719. The van der Waals surface area contributed by atoms with E-state index in [-0.39, 0.29) is 0 Å². The molecule has 0 spiro atoms. The van der Waals surface area contributed by atoms with Crippen molar-refractivity contribution in [2.45, 2.75) is 38.6 Å². The number of ether oxygens (including phenoxy) is 1. The molecule has 100 valence electrons. The Bertz CT molecular complexity index is 344. The van der Waals surface area contributed by atoms with Gasteiger partial charge in [-0.25, -0.2) is 0 Å². The van der Waals surface area contributed by atoms with Gasteiger partial charge in [0, 0.05) is 37.6 Å². The van der Waals surface area contributed by atoms with Crippen molar-refractivity contribution in [3.63, 3.8) is 0 Å². The first-order valence-corrected chi connectivity index (χ1v) is 7.02. The highest BCUT2D eigenvalue weighted by molar-refractivity contribution is 5.14. The minimum atomic E-state index is 0.522. The van der Waals surface area contributed by atoms with Crippen molar-refractivity contribution in [1.82, 2.24) is 10.3 Å². The van der Waals surface area contributed by atoms with Crippen LogP contribution in [-0.4, -0.2) is 31.3 Å². The number of rotatable bonds is 5. The topological polar surface area (TPSA) is 34.1 Å². The summed E-state index contributed by atoms with van der Waals surface area (Å²) in [6.07, 6.45) is 6.41. The first kappa shape index (κ1) is 13.5. The fourth-order valence-electron chi connectivity index (χ4n) is 2.63. The lowest BCUT2D eigenvalue weighted by Crippen LogP contribution is -2.38. The molecule has 2 rings (SSSR count). The first-order valence-electron chi connectivity index (χ1n) is 7.02. The van der Waals surface area contributed by atoms with Crippen LogP contribution in [0.1, 0.15) is 31.0 Å². The van der Waals surface area contributed by atoms with Gasteiger partial charge in [0.15, 0.2) is 0 Å². The number of nitrogens with one attached hydrogen (secondary N) is 1. The molecule has 1 aliphatic rings. The van der Waals surface area contributed by atoms with E-state index in [1.165, 1.54) is 24.1 Å². The van der Waals surface area contributed by atoms with E-state index in [9.17, 15) is 0 Å². The summed E-state index contributed by atoms with van der Waals surface area (Å²) in [6, 6.07) is 4.88. The Balaban J connectivity index is 1.95. The molecule has 0 amide bonds. The fourth-order valence-corrected chi connectivity index (χ4v) is 2.63. The van der Waals surface area contributed by atoms with Crippen LogP contribution in [0, 0.1) is 5.92 Å². The minimum absolute atomic E-state index is 0.522. The van der Waals surface area contributed by atoms with Gasteiger partial charge in [-0.15, -0.1) is 0 Å². The van der Waals surface area contributed by atoms with Crippen LogP contribution in [0.25, 0.3) is 0 Å². The van der Waals surface area contributed by atoms with Crippen molar-refractivity contribution in [2.75, 3.05) is 20.3 Å². The Morgan fingerprint density at radius 2 is 2.17 bits per heavy atom. The molecule has 1 fully saturated rings. The Hall–Kier alpha value is -0.930. The van der Waals surface area contributed by atoms with E-state index >= 15 is 0 Å². The van der Waals surface area contributed by atoms with Crippen LogP contribution in [0.15, 0.2) is 18.3 Å². The van der Waals surface area contributed by atoms with Crippen LogP contribution < -0.4 is 5.32 Å². The van der Waals surface area contributed by atoms with Crippen molar-refractivity contribution in [3.05, 3.63) is 29.6 Å². The number of pyridine rings is 1. The van der Waals surface area contributed by atoms with Crippen LogP contribution in [0.5, 0.6) is 0 Å². The third-order valence-corrected chi connectivity index (χ3v) is 3.93. The molecule has 3 heteroatoms. The van der Waals surface area contributed by atoms with Crippen LogP contribution in [0.3, 0.4) is 0 Å². The quantitative estimate of drug-likeness (QED) is 0.867. The van der Waals surface area contributed by atoms with Gasteiger partial charge in [0.25, 0.3) is 0 Å². The third kappa shape index (κ3) is 3.53. The molecule has 3 nitrogen and oxygen atoms in total. The number of nitrogens with zero attached hydrogens (tertiary/aromatic N) is 1. The van der Waals surface area contributed by atoms with Crippen LogP contribution >= 0.6 is 0 Å². The maximum absolute atomic E-state index is 5.43. The summed E-state index contributed by atoms with van der Waals surface area (Å²) in [5.41, 5.74) is 2.50. The van der Waals surface area contributed by atoms with Crippen molar-refractivity contribution >= 4 is 0 Å². The van der Waals surface area contributed by atoms with E-state index in [2.05, 4.69) is 36.4 Å². The number of likely N-dealkylation sites (N-methyl/N-ethyl adjacent to an activating group) is 1. The fraction of sp³-hybridized carbons (Fsp3) is 0.667. The monoisotopic (exact) mass is 248 g/mol. The SMILES string of the molecule is CCc1ccc(CC(NC)C2CCOCC2)nc1. The largest absolute Gasteiger partial charge is 0.381 e. The maximum Gasteiger partial charge on any atom is 0.0469 e. The van der Waals surface area contributed by atoms with Gasteiger partial charge in [0.1, 0.15) is 0 Å². The molecule has 1 saturated heterocycles. The van der Waals surface area contributed by atoms with Gasteiger partial charge >= 0.3 is 0 Å². The molecule has 1 aromatic rings. The minimum Gasteiger partial charge on any atom is -0.381 e. The summed E-state index contributed by atoms with van der Waals surface area (Å²) in [6.45, 7) is 3.98. The summed E-state index contributed by atoms with van der Waals surface area (Å²) in [4.78, 5) is 4.56. The van der Waals surface area contributed by atoms with Crippen LogP contribution in [0.2, 0.25) is 0 Å². The molecule has 1 unspecified atom stereocenters. The van der Waals surface area contributed by atoms with Gasteiger partial charge in [-0.1, -0.05) is 13.0 Å². The lowest BCUT2D eigenvalue weighted by Gasteiger charge is -2.30. The van der Waals surface area contributed by atoms with E-state index in [1.807, 2.05) is 6.20 Å². The summed E-state index contributed by atoms with van der Waals surface area (Å²) in [7, 11) is 2.06. The normalized spacial score (nSPS) is 18.8. The van der Waals surface area contributed by atoms with E-state index in [4.69, 9.17) is 4.74 Å². The zero-order valence-corrected chi connectivity index (χ0v) is 11.5. The summed E-state index contributed by atoms with van der Waals surface area (Å²) < 4.78 is 5.43. The van der Waals surface area contributed by atoms with E-state index in [1.54, 1.807) is 0 Å². The molecule has 0 saturated carbocycles. The van der Waals surface area contributed by atoms with Crippen molar-refractivity contribution in [2.24, 2.45) is 5.92 Å². The second-order valence-corrected chi connectivity index (χ2v) is 5.06. The van der Waals surface area contributed by atoms with Crippen molar-refractivity contribution in [3.8, 4) is 0 Å². The highest BCUT2D eigenvalue weighted by atomic mass is 16.5. The third-order valence-electron chi connectivity index (χ3n) is 3.93. The molecule has 2 heterocycles. The molecule has 0 bridgehead atoms. The lowest BCUT2D eigenvalue weighted by molar-refractivity contribution is 0.0546. The molecule has 0 aliphatic carbocycles. The Kier molecular flexibility index (Phi) is 5.14. The molecule has 1 aliphatic heterocycles. The average Bonchev–Trinajstić information content (AvgIpc) is 2.46. The Morgan fingerprint density at radius 1 is 1.39 bits per heavy atom. The van der Waals surface area contributed by atoms with Gasteiger partial charge in [-0.05, 0) is 43.9 Å². The molecular weight excluding hydrogens is 224 g/mol. The maximum atomic E-state index is 5.43. The molecule has 18 heavy (non-hydrogen) atoms. The number of hydrogen-bond acceptors (Lipinski definition) is 3. The molecule has 0 radical (unpaired) electrons. The van der Waals surface area contributed by atoms with Crippen molar-refractivity contribution in [1.29, 1.82) is 0 Å². The molecular formula is C15H24N2O. The number of hydrogen-bond donors (Lipinski definition) is 1. The van der Waals surface area contributed by atoms with Gasteiger partial charge in [0.2, 0.25) is 0 Å². The van der Waals surface area contributed by atoms with Crippen molar-refractivity contribution < 1.29 is 4.74 Å². The molecule has 1 aromatic heterocycles. The zero-order chi connectivity index (χ0) is 12.8. The average molecular weight is 248 g/mol. The van der Waals surface area contributed by atoms with Gasteiger partial charge in [0.05, 0.1) is 0 Å². The predicted molar refractivity (Wildman–Crippen MR) is 73.7 cm³/mol. The molecule has 1 N–H and O–H groups in total. The Labute approximate surface area is 110 Å². The van der Waals surface area contributed by atoms with Crippen LogP contribution in [0.4, 0.5) is 0 Å². The van der Waals surface area contributed by atoms with Crippen LogP contribution in [-0.2, 0) is 17.6 Å². The lowest BCUT2D eigenvalue weighted by atomic mass is 9.89. The van der Waals surface area contributed by atoms with E-state index in [0.29, 0.717) is 6.04 Å². The standard InChI is InChI=1S/C15H24N2O/c1-3-12-4-5-14(17-11-12)10-15(16-2)13-6-8-18-9-7-13/h4-5,11,13,15-16H,3,6-10H2,1-2H3. The molecule has 0 aromatic carbocycles. The highest BCUT2D eigenvalue weighted by Gasteiger charge is 2.23. The van der Waals surface area contributed by atoms with E-state index in [0.717, 1.165) is 32.0 Å². The molecule has 1 atom stereocenters. The smallest absolute Gasteiger partial charge is 0.0469 e. The highest BCUT2D eigenvalue weighted by Crippen LogP contribution is 2.21. The number of aryl methyl sites for hydroxylation is 1.